The van der Waals surface area contributed by atoms with Gasteiger partial charge in [0.05, 0.1) is 12.2 Å². The van der Waals surface area contributed by atoms with Gasteiger partial charge in [-0.2, -0.15) is 0 Å². The van der Waals surface area contributed by atoms with Crippen LogP contribution in [0, 0.1) is 12.8 Å². The quantitative estimate of drug-likeness (QED) is 0.869. The highest BCUT2D eigenvalue weighted by Gasteiger charge is 2.35. The molecule has 1 aromatic carbocycles. The van der Waals surface area contributed by atoms with E-state index in [0.29, 0.717) is 24.6 Å². The van der Waals surface area contributed by atoms with Gasteiger partial charge in [-0.05, 0) is 44.2 Å². The van der Waals surface area contributed by atoms with Crippen molar-refractivity contribution in [2.75, 3.05) is 20.3 Å². The van der Waals surface area contributed by atoms with E-state index in [-0.39, 0.29) is 17.7 Å². The Labute approximate surface area is 120 Å². The van der Waals surface area contributed by atoms with E-state index in [2.05, 4.69) is 6.92 Å². The second kappa shape index (κ2) is 6.27. The number of para-hydroxylation sites is 1. The van der Waals surface area contributed by atoms with E-state index in [1.807, 2.05) is 4.90 Å². The molecule has 1 fully saturated rings. The third-order valence-electron chi connectivity index (χ3n) is 4.06. The summed E-state index contributed by atoms with van der Waals surface area (Å²) < 4.78 is 5.11. The molecular weight excluding hydrogens is 254 g/mol. The lowest BCUT2D eigenvalue weighted by atomic mass is 10.1. The molecule has 110 valence electrons. The zero-order valence-corrected chi connectivity index (χ0v) is 12.4. The number of amides is 1. The summed E-state index contributed by atoms with van der Waals surface area (Å²) in [6, 6.07) is 5.48. The molecule has 0 aliphatic heterocycles. The summed E-state index contributed by atoms with van der Waals surface area (Å²) in [4.78, 5) is 14.5. The molecule has 1 saturated carbocycles. The average molecular weight is 277 g/mol. The molecule has 0 saturated heterocycles. The van der Waals surface area contributed by atoms with E-state index in [0.717, 1.165) is 5.56 Å². The summed E-state index contributed by atoms with van der Waals surface area (Å²) in [7, 11) is 1.63. The minimum absolute atomic E-state index is 0.0860. The molecule has 1 amide bonds. The van der Waals surface area contributed by atoms with Crippen LogP contribution in [-0.4, -0.2) is 42.2 Å². The average Bonchev–Trinajstić information content (AvgIpc) is 3.26. The van der Waals surface area contributed by atoms with Crippen LogP contribution in [0.15, 0.2) is 18.2 Å². The molecule has 0 bridgehead atoms. The Hall–Kier alpha value is -1.55. The van der Waals surface area contributed by atoms with Crippen LogP contribution in [0.4, 0.5) is 0 Å². The van der Waals surface area contributed by atoms with Crippen molar-refractivity contribution in [3.63, 3.8) is 0 Å². The Morgan fingerprint density at radius 1 is 1.50 bits per heavy atom. The van der Waals surface area contributed by atoms with Gasteiger partial charge in [0.15, 0.2) is 0 Å². The number of aryl methyl sites for hydroxylation is 1. The van der Waals surface area contributed by atoms with Crippen molar-refractivity contribution in [2.24, 2.45) is 5.92 Å². The number of carbonyl (C=O) groups excluding carboxylic acids is 1. The van der Waals surface area contributed by atoms with Crippen molar-refractivity contribution >= 4 is 5.91 Å². The van der Waals surface area contributed by atoms with E-state index in [1.165, 1.54) is 12.8 Å². The normalized spacial score (nSPS) is 15.9. The molecule has 1 aliphatic carbocycles. The molecule has 0 radical (unpaired) electrons. The van der Waals surface area contributed by atoms with E-state index in [1.54, 1.807) is 32.2 Å². The Morgan fingerprint density at radius 3 is 2.80 bits per heavy atom. The molecule has 1 aliphatic rings. The van der Waals surface area contributed by atoms with Gasteiger partial charge in [0.2, 0.25) is 0 Å². The molecule has 0 spiro atoms. The third-order valence-corrected chi connectivity index (χ3v) is 4.06. The number of phenols is 1. The number of ether oxygens (including phenoxy) is 1. The van der Waals surface area contributed by atoms with Crippen molar-refractivity contribution in [2.45, 2.75) is 32.7 Å². The molecule has 1 atom stereocenters. The van der Waals surface area contributed by atoms with Crippen LogP contribution in [0.2, 0.25) is 0 Å². The number of hydrogen-bond donors (Lipinski definition) is 1. The van der Waals surface area contributed by atoms with Crippen LogP contribution in [0.3, 0.4) is 0 Å². The van der Waals surface area contributed by atoms with Gasteiger partial charge in [-0.3, -0.25) is 4.79 Å². The molecule has 1 N–H and O–H groups in total. The molecule has 0 heterocycles. The minimum Gasteiger partial charge on any atom is -0.507 e. The fraction of sp³-hybridized carbons (Fsp3) is 0.562. The first-order valence-corrected chi connectivity index (χ1v) is 7.14. The van der Waals surface area contributed by atoms with Crippen molar-refractivity contribution in [3.05, 3.63) is 29.3 Å². The Kier molecular flexibility index (Phi) is 4.65. The molecule has 4 nitrogen and oxygen atoms in total. The number of carbonyl (C=O) groups is 1. The summed E-state index contributed by atoms with van der Waals surface area (Å²) in [5.41, 5.74) is 1.11. The van der Waals surface area contributed by atoms with Gasteiger partial charge in [0.25, 0.3) is 5.91 Å². The van der Waals surface area contributed by atoms with E-state index >= 15 is 0 Å². The van der Waals surface area contributed by atoms with Gasteiger partial charge >= 0.3 is 0 Å². The smallest absolute Gasteiger partial charge is 0.257 e. The molecule has 20 heavy (non-hydrogen) atoms. The summed E-state index contributed by atoms with van der Waals surface area (Å²) in [5.74, 6) is 0.563. The minimum atomic E-state index is -0.109. The predicted octanol–water partition coefficient (Wildman–Crippen LogP) is 2.59. The summed E-state index contributed by atoms with van der Waals surface area (Å²) >= 11 is 0. The standard InChI is InChI=1S/C16H23NO3/c1-11-5-4-6-14(15(11)18)16(19)17(9-10-20-3)12(2)13-7-8-13/h4-6,12-13,18H,7-10H2,1-3H3. The van der Waals surface area contributed by atoms with Crippen molar-refractivity contribution in [1.29, 1.82) is 0 Å². The number of nitrogens with zero attached hydrogens (tertiary/aromatic N) is 1. The maximum Gasteiger partial charge on any atom is 0.257 e. The topological polar surface area (TPSA) is 49.8 Å². The lowest BCUT2D eigenvalue weighted by Gasteiger charge is -2.29. The molecule has 0 aromatic heterocycles. The van der Waals surface area contributed by atoms with Crippen LogP contribution in [0.1, 0.15) is 35.7 Å². The van der Waals surface area contributed by atoms with E-state index in [9.17, 15) is 9.90 Å². The Bertz CT molecular complexity index is 483. The van der Waals surface area contributed by atoms with Gasteiger partial charge in [-0.25, -0.2) is 0 Å². The first kappa shape index (κ1) is 14.9. The fourth-order valence-corrected chi connectivity index (χ4v) is 2.50. The number of benzene rings is 1. The number of methoxy groups -OCH3 is 1. The van der Waals surface area contributed by atoms with E-state index in [4.69, 9.17) is 4.74 Å². The lowest BCUT2D eigenvalue weighted by molar-refractivity contribution is 0.0591. The highest BCUT2D eigenvalue weighted by Crippen LogP contribution is 2.36. The van der Waals surface area contributed by atoms with Gasteiger partial charge < -0.3 is 14.7 Å². The summed E-state index contributed by atoms with van der Waals surface area (Å²) in [5, 5.41) is 10.1. The Balaban J connectivity index is 2.22. The molecular formula is C16H23NO3. The van der Waals surface area contributed by atoms with Crippen molar-refractivity contribution < 1.29 is 14.6 Å². The van der Waals surface area contributed by atoms with Crippen LogP contribution < -0.4 is 0 Å². The predicted molar refractivity (Wildman–Crippen MR) is 77.9 cm³/mol. The maximum absolute atomic E-state index is 12.7. The van der Waals surface area contributed by atoms with Crippen LogP contribution in [0.5, 0.6) is 5.75 Å². The highest BCUT2D eigenvalue weighted by molar-refractivity contribution is 5.97. The molecule has 1 aromatic rings. The summed E-state index contributed by atoms with van der Waals surface area (Å²) in [6.45, 7) is 4.95. The van der Waals surface area contributed by atoms with Crippen LogP contribution in [0.25, 0.3) is 0 Å². The zero-order valence-electron chi connectivity index (χ0n) is 12.4. The molecule has 1 unspecified atom stereocenters. The van der Waals surface area contributed by atoms with E-state index < -0.39 is 0 Å². The van der Waals surface area contributed by atoms with Crippen molar-refractivity contribution in [3.8, 4) is 5.75 Å². The van der Waals surface area contributed by atoms with Crippen LogP contribution >= 0.6 is 0 Å². The zero-order chi connectivity index (χ0) is 14.7. The molecule has 4 heteroatoms. The van der Waals surface area contributed by atoms with Gasteiger partial charge in [0.1, 0.15) is 5.75 Å². The van der Waals surface area contributed by atoms with Crippen LogP contribution in [-0.2, 0) is 4.74 Å². The number of phenolic OH excluding ortho intramolecular Hbond substituents is 1. The Morgan fingerprint density at radius 2 is 2.20 bits per heavy atom. The maximum atomic E-state index is 12.7. The first-order chi connectivity index (χ1) is 9.56. The van der Waals surface area contributed by atoms with Gasteiger partial charge in [-0.1, -0.05) is 12.1 Å². The van der Waals surface area contributed by atoms with Gasteiger partial charge in [-0.15, -0.1) is 0 Å². The number of rotatable bonds is 6. The second-order valence-corrected chi connectivity index (χ2v) is 5.54. The second-order valence-electron chi connectivity index (χ2n) is 5.54. The monoisotopic (exact) mass is 277 g/mol. The fourth-order valence-electron chi connectivity index (χ4n) is 2.50. The lowest BCUT2D eigenvalue weighted by Crippen LogP contribution is -2.42. The number of aromatic hydroxyl groups is 1. The third kappa shape index (κ3) is 3.12. The largest absolute Gasteiger partial charge is 0.507 e. The SMILES string of the molecule is COCCN(C(=O)c1cccc(C)c1O)C(C)C1CC1. The number of hydrogen-bond acceptors (Lipinski definition) is 3. The first-order valence-electron chi connectivity index (χ1n) is 7.14. The molecule has 2 rings (SSSR count). The highest BCUT2D eigenvalue weighted by atomic mass is 16.5. The van der Waals surface area contributed by atoms with Crippen molar-refractivity contribution in [1.82, 2.24) is 4.90 Å². The van der Waals surface area contributed by atoms with Gasteiger partial charge in [0, 0.05) is 19.7 Å². The summed E-state index contributed by atoms with van der Waals surface area (Å²) in [6.07, 6.45) is 2.36.